The topological polar surface area (TPSA) is 50.2 Å². The van der Waals surface area contributed by atoms with Crippen molar-refractivity contribution in [3.05, 3.63) is 15.6 Å². The first kappa shape index (κ1) is 12.0. The molecule has 0 radical (unpaired) electrons. The van der Waals surface area contributed by atoms with Gasteiger partial charge in [-0.3, -0.25) is 4.79 Å². The minimum atomic E-state index is -2.53. The van der Waals surface area contributed by atoms with Gasteiger partial charge < -0.3 is 5.11 Å². The van der Waals surface area contributed by atoms with E-state index in [9.17, 15) is 13.6 Å². The first-order chi connectivity index (χ1) is 6.91. The van der Waals surface area contributed by atoms with Gasteiger partial charge in [0.1, 0.15) is 0 Å². The SMILES string of the molecule is Cc1nc(CC(C)C(=O)O)sc1C(F)F. The highest BCUT2D eigenvalue weighted by molar-refractivity contribution is 7.11. The van der Waals surface area contributed by atoms with E-state index in [-0.39, 0.29) is 11.3 Å². The van der Waals surface area contributed by atoms with Gasteiger partial charge in [0.15, 0.2) is 0 Å². The van der Waals surface area contributed by atoms with Crippen LogP contribution in [0.3, 0.4) is 0 Å². The number of carboxylic acids is 1. The Bertz CT molecular complexity index is 365. The van der Waals surface area contributed by atoms with Crippen molar-refractivity contribution in [3.63, 3.8) is 0 Å². The Kier molecular flexibility index (Phi) is 3.73. The Morgan fingerprint density at radius 1 is 1.60 bits per heavy atom. The first-order valence-corrected chi connectivity index (χ1v) is 5.20. The Morgan fingerprint density at radius 2 is 2.20 bits per heavy atom. The van der Waals surface area contributed by atoms with Crippen molar-refractivity contribution in [3.8, 4) is 0 Å². The lowest BCUT2D eigenvalue weighted by Crippen LogP contribution is -2.11. The van der Waals surface area contributed by atoms with Crippen LogP contribution in [0.25, 0.3) is 0 Å². The molecule has 0 aliphatic heterocycles. The van der Waals surface area contributed by atoms with E-state index >= 15 is 0 Å². The van der Waals surface area contributed by atoms with Crippen LogP contribution in [-0.4, -0.2) is 16.1 Å². The lowest BCUT2D eigenvalue weighted by Gasteiger charge is -2.01. The maximum atomic E-state index is 12.4. The molecule has 6 heteroatoms. The highest BCUT2D eigenvalue weighted by Gasteiger charge is 2.19. The molecule has 0 fully saturated rings. The molecular weight excluding hydrogens is 224 g/mol. The summed E-state index contributed by atoms with van der Waals surface area (Å²) < 4.78 is 24.8. The van der Waals surface area contributed by atoms with Gasteiger partial charge in [0.05, 0.1) is 21.5 Å². The number of carbonyl (C=O) groups is 1. The molecule has 1 atom stereocenters. The average Bonchev–Trinajstić information content (AvgIpc) is 2.46. The van der Waals surface area contributed by atoms with Gasteiger partial charge in [-0.1, -0.05) is 6.92 Å². The van der Waals surface area contributed by atoms with E-state index in [0.29, 0.717) is 10.7 Å². The summed E-state index contributed by atoms with van der Waals surface area (Å²) in [5.74, 6) is -1.54. The molecule has 0 aromatic carbocycles. The zero-order chi connectivity index (χ0) is 11.6. The van der Waals surface area contributed by atoms with Crippen molar-refractivity contribution in [1.29, 1.82) is 0 Å². The Balaban J connectivity index is 2.79. The van der Waals surface area contributed by atoms with E-state index in [1.54, 1.807) is 0 Å². The summed E-state index contributed by atoms with van der Waals surface area (Å²) in [6, 6.07) is 0. The molecule has 0 amide bonds. The van der Waals surface area contributed by atoms with E-state index < -0.39 is 18.3 Å². The van der Waals surface area contributed by atoms with Crippen molar-refractivity contribution >= 4 is 17.3 Å². The molecule has 0 saturated carbocycles. The number of aryl methyl sites for hydroxylation is 1. The molecule has 1 rings (SSSR count). The fourth-order valence-corrected chi connectivity index (χ4v) is 2.16. The zero-order valence-electron chi connectivity index (χ0n) is 8.33. The Labute approximate surface area is 89.8 Å². The molecular formula is C9H11F2NO2S. The van der Waals surface area contributed by atoms with Crippen molar-refractivity contribution < 1.29 is 18.7 Å². The molecule has 15 heavy (non-hydrogen) atoms. The minimum Gasteiger partial charge on any atom is -0.481 e. The first-order valence-electron chi connectivity index (χ1n) is 4.39. The number of carboxylic acid groups (broad SMARTS) is 1. The second-order valence-electron chi connectivity index (χ2n) is 3.30. The molecule has 1 aromatic heterocycles. The van der Waals surface area contributed by atoms with E-state index in [1.807, 2.05) is 0 Å². The number of thiazole rings is 1. The Hall–Kier alpha value is -1.04. The summed E-state index contributed by atoms with van der Waals surface area (Å²) in [5, 5.41) is 9.11. The van der Waals surface area contributed by atoms with Gasteiger partial charge in [0.2, 0.25) is 0 Å². The third-order valence-corrected chi connectivity index (χ3v) is 3.16. The molecule has 0 aliphatic carbocycles. The standard InChI is InChI=1S/C9H11F2NO2S/c1-4(9(13)14)3-6-12-5(2)7(15-6)8(10)11/h4,8H,3H2,1-2H3,(H,13,14). The van der Waals surface area contributed by atoms with Gasteiger partial charge in [0.25, 0.3) is 6.43 Å². The van der Waals surface area contributed by atoms with E-state index in [4.69, 9.17) is 5.11 Å². The molecule has 0 saturated heterocycles. The van der Waals surface area contributed by atoms with Crippen molar-refractivity contribution in [2.75, 3.05) is 0 Å². The maximum absolute atomic E-state index is 12.4. The quantitative estimate of drug-likeness (QED) is 0.872. The lowest BCUT2D eigenvalue weighted by molar-refractivity contribution is -0.141. The van der Waals surface area contributed by atoms with Crippen LogP contribution in [0.1, 0.15) is 28.9 Å². The third-order valence-electron chi connectivity index (χ3n) is 1.98. The van der Waals surface area contributed by atoms with Crippen molar-refractivity contribution in [2.45, 2.75) is 26.7 Å². The van der Waals surface area contributed by atoms with E-state index in [2.05, 4.69) is 4.98 Å². The molecule has 1 unspecified atom stereocenters. The van der Waals surface area contributed by atoms with Crippen LogP contribution in [0.4, 0.5) is 8.78 Å². The van der Waals surface area contributed by atoms with Crippen molar-refractivity contribution in [1.82, 2.24) is 4.98 Å². The Morgan fingerprint density at radius 3 is 2.60 bits per heavy atom. The maximum Gasteiger partial charge on any atom is 0.306 e. The number of rotatable bonds is 4. The van der Waals surface area contributed by atoms with Gasteiger partial charge in [-0.25, -0.2) is 13.8 Å². The van der Waals surface area contributed by atoms with Crippen LogP contribution < -0.4 is 0 Å². The molecule has 84 valence electrons. The van der Waals surface area contributed by atoms with Crippen LogP contribution >= 0.6 is 11.3 Å². The normalized spacial score (nSPS) is 13.1. The smallest absolute Gasteiger partial charge is 0.306 e. The van der Waals surface area contributed by atoms with Crippen LogP contribution in [-0.2, 0) is 11.2 Å². The average molecular weight is 235 g/mol. The predicted molar refractivity (Wildman–Crippen MR) is 52.3 cm³/mol. The summed E-state index contributed by atoms with van der Waals surface area (Å²) in [7, 11) is 0. The number of hydrogen-bond donors (Lipinski definition) is 1. The predicted octanol–water partition coefficient (Wildman–Crippen LogP) is 2.65. The van der Waals surface area contributed by atoms with Gasteiger partial charge in [-0.15, -0.1) is 11.3 Å². The van der Waals surface area contributed by atoms with Gasteiger partial charge >= 0.3 is 5.97 Å². The fraction of sp³-hybridized carbons (Fsp3) is 0.556. The second-order valence-corrected chi connectivity index (χ2v) is 4.42. The minimum absolute atomic E-state index is 0.0670. The molecule has 0 spiro atoms. The molecule has 0 aliphatic rings. The van der Waals surface area contributed by atoms with Crippen LogP contribution in [0.5, 0.6) is 0 Å². The number of aromatic nitrogens is 1. The highest BCUT2D eigenvalue weighted by atomic mass is 32.1. The van der Waals surface area contributed by atoms with Gasteiger partial charge in [0, 0.05) is 6.42 Å². The summed E-state index contributed by atoms with van der Waals surface area (Å²) in [5.41, 5.74) is 0.294. The number of nitrogens with zero attached hydrogens (tertiary/aromatic N) is 1. The monoisotopic (exact) mass is 235 g/mol. The second kappa shape index (κ2) is 4.65. The third kappa shape index (κ3) is 2.95. The van der Waals surface area contributed by atoms with Crippen molar-refractivity contribution in [2.24, 2.45) is 5.92 Å². The summed E-state index contributed by atoms with van der Waals surface area (Å²) in [6.45, 7) is 3.04. The molecule has 3 nitrogen and oxygen atoms in total. The zero-order valence-corrected chi connectivity index (χ0v) is 9.15. The van der Waals surface area contributed by atoms with E-state index in [1.165, 1.54) is 13.8 Å². The van der Waals surface area contributed by atoms with Crippen LogP contribution in [0.2, 0.25) is 0 Å². The summed E-state index contributed by atoms with van der Waals surface area (Å²) >= 11 is 0.889. The number of hydrogen-bond acceptors (Lipinski definition) is 3. The van der Waals surface area contributed by atoms with Crippen LogP contribution in [0, 0.1) is 12.8 Å². The summed E-state index contributed by atoms with van der Waals surface area (Å²) in [4.78, 5) is 14.4. The number of halogens is 2. The fourth-order valence-electron chi connectivity index (χ4n) is 1.10. The molecule has 1 heterocycles. The number of alkyl halides is 2. The molecule has 0 bridgehead atoms. The van der Waals surface area contributed by atoms with Gasteiger partial charge in [-0.2, -0.15) is 0 Å². The largest absolute Gasteiger partial charge is 0.481 e. The van der Waals surface area contributed by atoms with Gasteiger partial charge in [-0.05, 0) is 6.92 Å². The summed E-state index contributed by atoms with van der Waals surface area (Å²) in [6.07, 6.45) is -2.33. The number of aliphatic carboxylic acids is 1. The molecule has 1 aromatic rings. The highest BCUT2D eigenvalue weighted by Crippen LogP contribution is 2.29. The molecule has 1 N–H and O–H groups in total. The van der Waals surface area contributed by atoms with E-state index in [0.717, 1.165) is 11.3 Å². The van der Waals surface area contributed by atoms with Crippen LogP contribution in [0.15, 0.2) is 0 Å². The lowest BCUT2D eigenvalue weighted by atomic mass is 10.1.